The molecular weight excluding hydrogens is 280 g/mol. The molecule has 22 heavy (non-hydrogen) atoms. The van der Waals surface area contributed by atoms with Crippen molar-refractivity contribution in [3.8, 4) is 5.75 Å². The SMILES string of the molecule is C[C@H]([C@@H](C)NC(=O)CCOc1ccccc1)N1CCOCC1. The zero-order valence-corrected chi connectivity index (χ0v) is 13.5. The van der Waals surface area contributed by atoms with E-state index in [9.17, 15) is 4.79 Å². The van der Waals surface area contributed by atoms with Gasteiger partial charge in [-0.2, -0.15) is 0 Å². The largest absolute Gasteiger partial charge is 0.493 e. The van der Waals surface area contributed by atoms with Crippen LogP contribution in [0.15, 0.2) is 30.3 Å². The fourth-order valence-electron chi connectivity index (χ4n) is 2.53. The number of nitrogens with one attached hydrogen (secondary N) is 1. The number of carbonyl (C=O) groups excluding carboxylic acids is 1. The van der Waals surface area contributed by atoms with E-state index in [4.69, 9.17) is 9.47 Å². The van der Waals surface area contributed by atoms with Crippen molar-refractivity contribution in [2.24, 2.45) is 0 Å². The topological polar surface area (TPSA) is 50.8 Å². The van der Waals surface area contributed by atoms with Gasteiger partial charge >= 0.3 is 0 Å². The first-order chi connectivity index (χ1) is 10.7. The minimum absolute atomic E-state index is 0.0311. The van der Waals surface area contributed by atoms with Gasteiger partial charge in [-0.3, -0.25) is 9.69 Å². The Balaban J connectivity index is 1.67. The average Bonchev–Trinajstić information content (AvgIpc) is 2.56. The summed E-state index contributed by atoms with van der Waals surface area (Å²) >= 11 is 0. The van der Waals surface area contributed by atoms with Crippen LogP contribution in [0.25, 0.3) is 0 Å². The van der Waals surface area contributed by atoms with Gasteiger partial charge in [0.25, 0.3) is 0 Å². The number of hydrogen-bond acceptors (Lipinski definition) is 4. The van der Waals surface area contributed by atoms with Gasteiger partial charge in [0.15, 0.2) is 0 Å². The Labute approximate surface area is 132 Å². The number of benzene rings is 1. The summed E-state index contributed by atoms with van der Waals surface area (Å²) in [5, 5.41) is 3.06. The van der Waals surface area contributed by atoms with Crippen molar-refractivity contribution in [2.75, 3.05) is 32.9 Å². The highest BCUT2D eigenvalue weighted by atomic mass is 16.5. The zero-order chi connectivity index (χ0) is 15.8. The molecule has 122 valence electrons. The van der Waals surface area contributed by atoms with E-state index < -0.39 is 0 Å². The molecule has 0 aliphatic carbocycles. The highest BCUT2D eigenvalue weighted by Crippen LogP contribution is 2.09. The highest BCUT2D eigenvalue weighted by Gasteiger charge is 2.23. The Hall–Kier alpha value is -1.59. The molecule has 5 heteroatoms. The molecule has 1 fully saturated rings. The van der Waals surface area contributed by atoms with Gasteiger partial charge in [-0.25, -0.2) is 0 Å². The second kappa shape index (κ2) is 8.76. The van der Waals surface area contributed by atoms with Crippen LogP contribution in [0.5, 0.6) is 5.75 Å². The van der Waals surface area contributed by atoms with E-state index in [-0.39, 0.29) is 11.9 Å². The van der Waals surface area contributed by atoms with Crippen LogP contribution >= 0.6 is 0 Å². The van der Waals surface area contributed by atoms with Gasteiger partial charge in [0.05, 0.1) is 26.2 Å². The molecule has 0 bridgehead atoms. The Morgan fingerprint density at radius 1 is 1.27 bits per heavy atom. The number of amides is 1. The molecule has 1 N–H and O–H groups in total. The first-order valence-electron chi connectivity index (χ1n) is 7.96. The fourth-order valence-corrected chi connectivity index (χ4v) is 2.53. The molecule has 1 aromatic rings. The van der Waals surface area contributed by atoms with Gasteiger partial charge in [0, 0.05) is 25.2 Å². The van der Waals surface area contributed by atoms with Crippen molar-refractivity contribution in [2.45, 2.75) is 32.4 Å². The monoisotopic (exact) mass is 306 g/mol. The summed E-state index contributed by atoms with van der Waals surface area (Å²) < 4.78 is 10.9. The molecule has 1 saturated heterocycles. The van der Waals surface area contributed by atoms with Crippen LogP contribution in [0.1, 0.15) is 20.3 Å². The van der Waals surface area contributed by atoms with E-state index in [1.165, 1.54) is 0 Å². The first kappa shape index (κ1) is 16.8. The average molecular weight is 306 g/mol. The maximum atomic E-state index is 12.0. The second-order valence-electron chi connectivity index (χ2n) is 5.66. The Bertz CT molecular complexity index is 446. The van der Waals surface area contributed by atoms with Gasteiger partial charge in [-0.1, -0.05) is 18.2 Å². The third kappa shape index (κ3) is 5.31. The second-order valence-corrected chi connectivity index (χ2v) is 5.66. The number of ether oxygens (including phenoxy) is 2. The predicted molar refractivity (Wildman–Crippen MR) is 86.0 cm³/mol. The lowest BCUT2D eigenvalue weighted by Crippen LogP contribution is -2.52. The summed E-state index contributed by atoms with van der Waals surface area (Å²) in [6.45, 7) is 8.00. The normalized spacial score (nSPS) is 18.5. The molecule has 1 amide bonds. The van der Waals surface area contributed by atoms with Crippen molar-refractivity contribution in [3.05, 3.63) is 30.3 Å². The molecule has 1 aromatic carbocycles. The van der Waals surface area contributed by atoms with Crippen molar-refractivity contribution in [1.29, 1.82) is 0 Å². The van der Waals surface area contributed by atoms with Crippen LogP contribution in [0.3, 0.4) is 0 Å². The van der Waals surface area contributed by atoms with E-state index in [1.54, 1.807) is 0 Å². The van der Waals surface area contributed by atoms with Crippen molar-refractivity contribution >= 4 is 5.91 Å². The molecule has 2 rings (SSSR count). The molecule has 0 unspecified atom stereocenters. The lowest BCUT2D eigenvalue weighted by Gasteiger charge is -2.35. The smallest absolute Gasteiger partial charge is 0.223 e. The van der Waals surface area contributed by atoms with Gasteiger partial charge < -0.3 is 14.8 Å². The van der Waals surface area contributed by atoms with Crippen molar-refractivity contribution in [3.63, 3.8) is 0 Å². The van der Waals surface area contributed by atoms with Crippen LogP contribution in [0, 0.1) is 0 Å². The van der Waals surface area contributed by atoms with E-state index in [0.29, 0.717) is 19.1 Å². The zero-order valence-electron chi connectivity index (χ0n) is 13.5. The maximum Gasteiger partial charge on any atom is 0.223 e. The summed E-state index contributed by atoms with van der Waals surface area (Å²) in [7, 11) is 0. The van der Waals surface area contributed by atoms with Crippen LogP contribution in [-0.2, 0) is 9.53 Å². The minimum atomic E-state index is 0.0311. The first-order valence-corrected chi connectivity index (χ1v) is 7.96. The van der Waals surface area contributed by atoms with Gasteiger partial charge in [0.1, 0.15) is 5.75 Å². The number of nitrogens with zero attached hydrogens (tertiary/aromatic N) is 1. The van der Waals surface area contributed by atoms with E-state index in [2.05, 4.69) is 24.1 Å². The maximum absolute atomic E-state index is 12.0. The molecule has 0 saturated carbocycles. The molecule has 1 aliphatic rings. The Morgan fingerprint density at radius 2 is 1.95 bits per heavy atom. The van der Waals surface area contributed by atoms with Crippen LogP contribution in [0.2, 0.25) is 0 Å². The summed E-state index contributed by atoms with van der Waals surface area (Å²) in [6, 6.07) is 9.98. The van der Waals surface area contributed by atoms with Crippen LogP contribution in [-0.4, -0.2) is 55.8 Å². The number of hydrogen-bond donors (Lipinski definition) is 1. The van der Waals surface area contributed by atoms with E-state index in [0.717, 1.165) is 32.1 Å². The number of carbonyl (C=O) groups is 1. The lowest BCUT2D eigenvalue weighted by atomic mass is 10.1. The number of rotatable bonds is 7. The highest BCUT2D eigenvalue weighted by molar-refractivity contribution is 5.76. The molecule has 1 aliphatic heterocycles. The summed E-state index contributed by atoms with van der Waals surface area (Å²) in [5.74, 6) is 0.827. The van der Waals surface area contributed by atoms with Gasteiger partial charge in [-0.05, 0) is 26.0 Å². The third-order valence-electron chi connectivity index (χ3n) is 4.07. The third-order valence-corrected chi connectivity index (χ3v) is 4.07. The standard InChI is InChI=1S/C17H26N2O3/c1-14(15(2)19-9-12-21-13-10-19)18-17(20)8-11-22-16-6-4-3-5-7-16/h3-7,14-15H,8-13H2,1-2H3,(H,18,20)/t14-,15-/m1/s1. The molecule has 1 heterocycles. The molecule has 2 atom stereocenters. The Morgan fingerprint density at radius 3 is 2.64 bits per heavy atom. The van der Waals surface area contributed by atoms with Gasteiger partial charge in [-0.15, -0.1) is 0 Å². The minimum Gasteiger partial charge on any atom is -0.493 e. The summed E-state index contributed by atoms with van der Waals surface area (Å²) in [4.78, 5) is 14.4. The molecule has 0 radical (unpaired) electrons. The molecule has 0 spiro atoms. The number of para-hydroxylation sites is 1. The quantitative estimate of drug-likeness (QED) is 0.833. The van der Waals surface area contributed by atoms with Gasteiger partial charge in [0.2, 0.25) is 5.91 Å². The van der Waals surface area contributed by atoms with E-state index in [1.807, 2.05) is 30.3 Å². The molecule has 0 aromatic heterocycles. The Kier molecular flexibility index (Phi) is 6.68. The van der Waals surface area contributed by atoms with Crippen LogP contribution < -0.4 is 10.1 Å². The van der Waals surface area contributed by atoms with Crippen molar-refractivity contribution in [1.82, 2.24) is 10.2 Å². The van der Waals surface area contributed by atoms with Crippen molar-refractivity contribution < 1.29 is 14.3 Å². The fraction of sp³-hybridized carbons (Fsp3) is 0.588. The molecular formula is C17H26N2O3. The molecule has 5 nitrogen and oxygen atoms in total. The summed E-state index contributed by atoms with van der Waals surface area (Å²) in [6.07, 6.45) is 0.370. The summed E-state index contributed by atoms with van der Waals surface area (Å²) in [5.41, 5.74) is 0. The predicted octanol–water partition coefficient (Wildman–Crippen LogP) is 1.68. The number of morpholine rings is 1. The van der Waals surface area contributed by atoms with Crippen LogP contribution in [0.4, 0.5) is 0 Å². The lowest BCUT2D eigenvalue weighted by molar-refractivity contribution is -0.122. The van der Waals surface area contributed by atoms with E-state index >= 15 is 0 Å².